The fourth-order valence-electron chi connectivity index (χ4n) is 2.92. The van der Waals surface area contributed by atoms with E-state index in [0.717, 1.165) is 24.6 Å². The van der Waals surface area contributed by atoms with Gasteiger partial charge in [0.1, 0.15) is 0 Å². The maximum atomic E-state index is 11.5. The fraction of sp³-hybridized carbons (Fsp3) is 0.562. The van der Waals surface area contributed by atoms with Crippen LogP contribution < -0.4 is 0 Å². The molecule has 1 aliphatic rings. The topological polar surface area (TPSA) is 40.5 Å². The SMILES string of the molecule is CCC1CCCN(CC(C(=O)O)c2ccccc2)C1. The Balaban J connectivity index is 2.03. The minimum Gasteiger partial charge on any atom is -0.481 e. The molecule has 1 aromatic carbocycles. The molecular weight excluding hydrogens is 238 g/mol. The predicted octanol–water partition coefficient (Wildman–Crippen LogP) is 2.98. The molecule has 0 spiro atoms. The monoisotopic (exact) mass is 261 g/mol. The van der Waals surface area contributed by atoms with Gasteiger partial charge in [-0.1, -0.05) is 43.7 Å². The molecule has 0 aliphatic carbocycles. The highest BCUT2D eigenvalue weighted by Gasteiger charge is 2.26. The summed E-state index contributed by atoms with van der Waals surface area (Å²) >= 11 is 0. The van der Waals surface area contributed by atoms with Gasteiger partial charge in [-0.2, -0.15) is 0 Å². The van der Waals surface area contributed by atoms with Crippen molar-refractivity contribution >= 4 is 5.97 Å². The van der Waals surface area contributed by atoms with Gasteiger partial charge in [-0.15, -0.1) is 0 Å². The summed E-state index contributed by atoms with van der Waals surface area (Å²) in [7, 11) is 0. The average molecular weight is 261 g/mol. The van der Waals surface area contributed by atoms with E-state index in [9.17, 15) is 9.90 Å². The number of rotatable bonds is 5. The van der Waals surface area contributed by atoms with E-state index in [-0.39, 0.29) is 0 Å². The standard InChI is InChI=1S/C16H23NO2/c1-2-13-7-6-10-17(11-13)12-15(16(18)19)14-8-4-3-5-9-14/h3-5,8-9,13,15H,2,6-7,10-12H2,1H3,(H,18,19). The van der Waals surface area contributed by atoms with Crippen molar-refractivity contribution in [3.8, 4) is 0 Å². The van der Waals surface area contributed by atoms with Crippen LogP contribution in [-0.4, -0.2) is 35.6 Å². The number of carboxylic acids is 1. The molecule has 2 unspecified atom stereocenters. The Labute approximate surface area is 115 Å². The van der Waals surface area contributed by atoms with Gasteiger partial charge in [-0.3, -0.25) is 4.79 Å². The lowest BCUT2D eigenvalue weighted by Crippen LogP contribution is -2.39. The summed E-state index contributed by atoms with van der Waals surface area (Å²) in [5.41, 5.74) is 0.911. The molecule has 104 valence electrons. The Morgan fingerprint density at radius 3 is 2.79 bits per heavy atom. The smallest absolute Gasteiger partial charge is 0.312 e. The van der Waals surface area contributed by atoms with Crippen LogP contribution in [0.5, 0.6) is 0 Å². The molecule has 0 radical (unpaired) electrons. The zero-order valence-corrected chi connectivity index (χ0v) is 11.6. The summed E-state index contributed by atoms with van der Waals surface area (Å²) in [6.07, 6.45) is 3.68. The summed E-state index contributed by atoms with van der Waals surface area (Å²) in [6, 6.07) is 9.59. The Morgan fingerprint density at radius 1 is 1.42 bits per heavy atom. The third-order valence-electron chi connectivity index (χ3n) is 4.12. The Bertz CT molecular complexity index is 404. The largest absolute Gasteiger partial charge is 0.481 e. The summed E-state index contributed by atoms with van der Waals surface area (Å²) in [6.45, 7) is 4.94. The maximum absolute atomic E-state index is 11.5. The van der Waals surface area contributed by atoms with E-state index in [1.165, 1.54) is 19.3 Å². The first-order valence-corrected chi connectivity index (χ1v) is 7.20. The molecule has 0 amide bonds. The van der Waals surface area contributed by atoms with Crippen molar-refractivity contribution < 1.29 is 9.90 Å². The van der Waals surface area contributed by atoms with Crippen LogP contribution >= 0.6 is 0 Å². The maximum Gasteiger partial charge on any atom is 0.312 e. The number of carboxylic acid groups (broad SMARTS) is 1. The first kappa shape index (κ1) is 14.1. The number of aliphatic carboxylic acids is 1. The quantitative estimate of drug-likeness (QED) is 0.886. The van der Waals surface area contributed by atoms with Crippen molar-refractivity contribution in [2.75, 3.05) is 19.6 Å². The van der Waals surface area contributed by atoms with Gasteiger partial charge in [0.15, 0.2) is 0 Å². The van der Waals surface area contributed by atoms with Crippen LogP contribution in [0.15, 0.2) is 30.3 Å². The lowest BCUT2D eigenvalue weighted by Gasteiger charge is -2.33. The fourth-order valence-corrected chi connectivity index (χ4v) is 2.92. The van der Waals surface area contributed by atoms with E-state index in [0.29, 0.717) is 6.54 Å². The molecule has 0 aromatic heterocycles. The van der Waals surface area contributed by atoms with Crippen LogP contribution in [0.25, 0.3) is 0 Å². The number of likely N-dealkylation sites (tertiary alicyclic amines) is 1. The molecular formula is C16H23NO2. The summed E-state index contributed by atoms with van der Waals surface area (Å²) in [5, 5.41) is 9.45. The molecule has 3 heteroatoms. The van der Waals surface area contributed by atoms with Crippen molar-refractivity contribution in [1.29, 1.82) is 0 Å². The van der Waals surface area contributed by atoms with Crippen LogP contribution in [0.3, 0.4) is 0 Å². The minimum atomic E-state index is -0.718. The van der Waals surface area contributed by atoms with Crippen LogP contribution in [0.4, 0.5) is 0 Å². The molecule has 1 N–H and O–H groups in total. The van der Waals surface area contributed by atoms with Gasteiger partial charge in [0.05, 0.1) is 5.92 Å². The van der Waals surface area contributed by atoms with Gasteiger partial charge in [0.25, 0.3) is 0 Å². The van der Waals surface area contributed by atoms with Gasteiger partial charge < -0.3 is 10.0 Å². The predicted molar refractivity (Wildman–Crippen MR) is 76.3 cm³/mol. The van der Waals surface area contributed by atoms with E-state index in [1.807, 2.05) is 30.3 Å². The van der Waals surface area contributed by atoms with Crippen LogP contribution in [0, 0.1) is 5.92 Å². The van der Waals surface area contributed by atoms with Gasteiger partial charge >= 0.3 is 5.97 Å². The lowest BCUT2D eigenvalue weighted by molar-refractivity contribution is -0.139. The van der Waals surface area contributed by atoms with Crippen LogP contribution in [0.2, 0.25) is 0 Å². The molecule has 1 heterocycles. The zero-order valence-electron chi connectivity index (χ0n) is 11.6. The highest BCUT2D eigenvalue weighted by Crippen LogP contribution is 2.23. The van der Waals surface area contributed by atoms with E-state index in [2.05, 4.69) is 11.8 Å². The highest BCUT2D eigenvalue weighted by molar-refractivity contribution is 5.76. The second kappa shape index (κ2) is 6.71. The Morgan fingerprint density at radius 2 is 2.16 bits per heavy atom. The molecule has 2 rings (SSSR count). The van der Waals surface area contributed by atoms with Crippen LogP contribution in [0.1, 0.15) is 37.7 Å². The molecule has 3 nitrogen and oxygen atoms in total. The van der Waals surface area contributed by atoms with Crippen molar-refractivity contribution in [2.45, 2.75) is 32.1 Å². The third kappa shape index (κ3) is 3.80. The van der Waals surface area contributed by atoms with E-state index < -0.39 is 11.9 Å². The number of benzene rings is 1. The molecule has 0 bridgehead atoms. The van der Waals surface area contributed by atoms with E-state index in [1.54, 1.807) is 0 Å². The van der Waals surface area contributed by atoms with E-state index >= 15 is 0 Å². The van der Waals surface area contributed by atoms with Crippen molar-refractivity contribution in [2.24, 2.45) is 5.92 Å². The average Bonchev–Trinajstić information content (AvgIpc) is 2.45. The third-order valence-corrected chi connectivity index (χ3v) is 4.12. The molecule has 1 aliphatic heterocycles. The normalized spacial score (nSPS) is 22.1. The molecule has 1 aromatic rings. The molecule has 1 saturated heterocycles. The van der Waals surface area contributed by atoms with Crippen molar-refractivity contribution in [1.82, 2.24) is 4.90 Å². The first-order valence-electron chi connectivity index (χ1n) is 7.20. The molecule has 0 saturated carbocycles. The molecule has 19 heavy (non-hydrogen) atoms. The number of piperidine rings is 1. The zero-order chi connectivity index (χ0) is 13.7. The Hall–Kier alpha value is -1.35. The number of hydrogen-bond acceptors (Lipinski definition) is 2. The van der Waals surface area contributed by atoms with Gasteiger partial charge in [0, 0.05) is 13.1 Å². The molecule has 2 atom stereocenters. The highest BCUT2D eigenvalue weighted by atomic mass is 16.4. The molecule has 1 fully saturated rings. The second-order valence-electron chi connectivity index (χ2n) is 5.48. The minimum absolute atomic E-state index is 0.406. The van der Waals surface area contributed by atoms with Crippen LogP contribution in [-0.2, 0) is 4.79 Å². The summed E-state index contributed by atoms with van der Waals surface area (Å²) in [5.74, 6) is -0.388. The first-order chi connectivity index (χ1) is 9.20. The van der Waals surface area contributed by atoms with Gasteiger partial charge in [-0.25, -0.2) is 0 Å². The lowest BCUT2D eigenvalue weighted by atomic mass is 9.93. The van der Waals surface area contributed by atoms with Gasteiger partial charge in [0.2, 0.25) is 0 Å². The second-order valence-corrected chi connectivity index (χ2v) is 5.48. The van der Waals surface area contributed by atoms with Gasteiger partial charge in [-0.05, 0) is 30.9 Å². The number of carbonyl (C=O) groups is 1. The Kier molecular flexibility index (Phi) is 4.97. The van der Waals surface area contributed by atoms with E-state index in [4.69, 9.17) is 0 Å². The summed E-state index contributed by atoms with van der Waals surface area (Å²) < 4.78 is 0. The number of hydrogen-bond donors (Lipinski definition) is 1. The van der Waals surface area contributed by atoms with Crippen molar-refractivity contribution in [3.63, 3.8) is 0 Å². The number of nitrogens with zero attached hydrogens (tertiary/aromatic N) is 1. The summed E-state index contributed by atoms with van der Waals surface area (Å²) in [4.78, 5) is 13.8. The van der Waals surface area contributed by atoms with Crippen molar-refractivity contribution in [3.05, 3.63) is 35.9 Å².